The lowest BCUT2D eigenvalue weighted by atomic mass is 9.86. The van der Waals surface area contributed by atoms with Gasteiger partial charge in [-0.05, 0) is 42.7 Å². The molecule has 0 aromatic heterocycles. The van der Waals surface area contributed by atoms with Crippen LogP contribution in [-0.2, 0) is 11.3 Å². The van der Waals surface area contributed by atoms with Crippen LogP contribution in [0.4, 0.5) is 0 Å². The van der Waals surface area contributed by atoms with E-state index in [4.69, 9.17) is 0 Å². The number of hydrogen-bond donors (Lipinski definition) is 0. The normalized spacial score (nSPS) is 26.5. The number of benzene rings is 1. The minimum absolute atomic E-state index is 0.00378. The summed E-state index contributed by atoms with van der Waals surface area (Å²) in [7, 11) is 0. The van der Waals surface area contributed by atoms with Crippen molar-refractivity contribution >= 4 is 11.8 Å². The summed E-state index contributed by atoms with van der Waals surface area (Å²) < 4.78 is 0. The summed E-state index contributed by atoms with van der Waals surface area (Å²) in [6.45, 7) is 4.25. The van der Waals surface area contributed by atoms with Crippen molar-refractivity contribution in [3.05, 3.63) is 47.5 Å². The molecule has 1 aromatic rings. The lowest BCUT2D eigenvalue weighted by Gasteiger charge is -2.30. The van der Waals surface area contributed by atoms with E-state index in [2.05, 4.69) is 12.2 Å². The Morgan fingerprint density at radius 2 is 1.83 bits per heavy atom. The van der Waals surface area contributed by atoms with Crippen molar-refractivity contribution in [2.45, 2.75) is 38.8 Å². The zero-order valence-corrected chi connectivity index (χ0v) is 14.1. The topological polar surface area (TPSA) is 40.6 Å². The van der Waals surface area contributed by atoms with E-state index in [0.29, 0.717) is 24.8 Å². The number of rotatable bonds is 3. The number of amides is 2. The summed E-state index contributed by atoms with van der Waals surface area (Å²) in [5.41, 5.74) is 1.79. The highest BCUT2D eigenvalue weighted by Gasteiger charge is 2.41. The summed E-state index contributed by atoms with van der Waals surface area (Å²) in [5.74, 6) is 1.34. The molecule has 0 bridgehead atoms. The molecule has 2 aliphatic heterocycles. The molecule has 3 atom stereocenters. The molecule has 4 nitrogen and oxygen atoms in total. The fourth-order valence-corrected chi connectivity index (χ4v) is 4.46. The molecule has 2 amide bonds. The zero-order chi connectivity index (χ0) is 16.7. The van der Waals surface area contributed by atoms with Gasteiger partial charge in [-0.25, -0.2) is 0 Å². The molecule has 1 aliphatic carbocycles. The standard InChI is InChI=1S/C20H24N2O2/c1-2-18(22-13-16-9-5-6-10-17(16)19(22)23)20(24)21-11-14-7-3-4-8-15(14)12-21/h3-6,9-10,14-15,18H,2,7-8,11-13H2,1H3/t14-,15+,18?. The summed E-state index contributed by atoms with van der Waals surface area (Å²) in [6.07, 6.45) is 7.32. The Labute approximate surface area is 143 Å². The molecule has 4 rings (SSSR count). The molecule has 2 heterocycles. The average molecular weight is 324 g/mol. The lowest BCUT2D eigenvalue weighted by Crippen LogP contribution is -2.48. The molecule has 4 heteroatoms. The van der Waals surface area contributed by atoms with E-state index in [1.807, 2.05) is 36.1 Å². The Hall–Kier alpha value is -2.10. The Balaban J connectivity index is 1.50. The Morgan fingerprint density at radius 1 is 1.17 bits per heavy atom. The summed E-state index contributed by atoms with van der Waals surface area (Å²) in [5, 5.41) is 0. The van der Waals surface area contributed by atoms with E-state index in [1.54, 1.807) is 4.90 Å². The largest absolute Gasteiger partial charge is 0.340 e. The molecule has 126 valence electrons. The first-order chi connectivity index (χ1) is 11.7. The minimum atomic E-state index is -0.335. The van der Waals surface area contributed by atoms with Crippen LogP contribution in [0.5, 0.6) is 0 Å². The van der Waals surface area contributed by atoms with Gasteiger partial charge in [0.1, 0.15) is 6.04 Å². The van der Waals surface area contributed by atoms with Gasteiger partial charge in [-0.1, -0.05) is 37.3 Å². The van der Waals surface area contributed by atoms with Gasteiger partial charge in [0.2, 0.25) is 5.91 Å². The monoisotopic (exact) mass is 324 g/mol. The molecule has 24 heavy (non-hydrogen) atoms. The van der Waals surface area contributed by atoms with E-state index in [0.717, 1.165) is 37.1 Å². The van der Waals surface area contributed by atoms with Crippen LogP contribution < -0.4 is 0 Å². The van der Waals surface area contributed by atoms with Gasteiger partial charge in [-0.3, -0.25) is 9.59 Å². The van der Waals surface area contributed by atoms with Gasteiger partial charge in [0.05, 0.1) is 0 Å². The number of likely N-dealkylation sites (tertiary alicyclic amines) is 1. The van der Waals surface area contributed by atoms with Crippen molar-refractivity contribution in [3.63, 3.8) is 0 Å². The number of nitrogens with zero attached hydrogens (tertiary/aromatic N) is 2. The highest BCUT2D eigenvalue weighted by atomic mass is 16.2. The van der Waals surface area contributed by atoms with E-state index in [9.17, 15) is 9.59 Å². The number of hydrogen-bond acceptors (Lipinski definition) is 2. The lowest BCUT2D eigenvalue weighted by molar-refractivity contribution is -0.135. The quantitative estimate of drug-likeness (QED) is 0.802. The Kier molecular flexibility index (Phi) is 3.91. The van der Waals surface area contributed by atoms with Crippen molar-refractivity contribution in [2.75, 3.05) is 13.1 Å². The predicted molar refractivity (Wildman–Crippen MR) is 92.3 cm³/mol. The van der Waals surface area contributed by atoms with Gasteiger partial charge >= 0.3 is 0 Å². The van der Waals surface area contributed by atoms with Crippen LogP contribution in [0.1, 0.15) is 42.1 Å². The molecular weight excluding hydrogens is 300 g/mol. The third kappa shape index (κ3) is 2.45. The van der Waals surface area contributed by atoms with Crippen molar-refractivity contribution in [1.29, 1.82) is 0 Å². The van der Waals surface area contributed by atoms with Gasteiger partial charge in [0.15, 0.2) is 0 Å². The molecule has 0 N–H and O–H groups in total. The van der Waals surface area contributed by atoms with Crippen molar-refractivity contribution in [3.8, 4) is 0 Å². The number of allylic oxidation sites excluding steroid dienone is 2. The molecule has 0 saturated carbocycles. The first-order valence-corrected chi connectivity index (χ1v) is 9.01. The van der Waals surface area contributed by atoms with Crippen LogP contribution in [0.2, 0.25) is 0 Å². The van der Waals surface area contributed by atoms with Crippen LogP contribution >= 0.6 is 0 Å². The third-order valence-electron chi connectivity index (χ3n) is 5.83. The van der Waals surface area contributed by atoms with E-state index in [-0.39, 0.29) is 17.9 Å². The summed E-state index contributed by atoms with van der Waals surface area (Å²) >= 11 is 0. The van der Waals surface area contributed by atoms with Crippen LogP contribution in [0, 0.1) is 11.8 Å². The SMILES string of the molecule is CCC(C(=O)N1C[C@H]2CC=CC[C@H]2C1)N1Cc2ccccc2C1=O. The van der Waals surface area contributed by atoms with Crippen molar-refractivity contribution in [1.82, 2.24) is 9.80 Å². The van der Waals surface area contributed by atoms with E-state index < -0.39 is 0 Å². The average Bonchev–Trinajstić information content (AvgIpc) is 3.18. The van der Waals surface area contributed by atoms with E-state index in [1.165, 1.54) is 0 Å². The highest BCUT2D eigenvalue weighted by molar-refractivity contribution is 6.01. The predicted octanol–water partition coefficient (Wildman–Crippen LogP) is 2.85. The van der Waals surface area contributed by atoms with Crippen LogP contribution in [-0.4, -0.2) is 40.7 Å². The Bertz CT molecular complexity index is 681. The maximum atomic E-state index is 13.1. The molecule has 1 unspecified atom stereocenters. The first-order valence-electron chi connectivity index (χ1n) is 9.01. The second-order valence-corrected chi connectivity index (χ2v) is 7.22. The Morgan fingerprint density at radius 3 is 2.46 bits per heavy atom. The number of carbonyl (C=O) groups is 2. The van der Waals surface area contributed by atoms with E-state index >= 15 is 0 Å². The van der Waals surface area contributed by atoms with Gasteiger partial charge in [0.25, 0.3) is 5.91 Å². The second kappa shape index (κ2) is 6.08. The summed E-state index contributed by atoms with van der Waals surface area (Å²) in [4.78, 5) is 29.6. The van der Waals surface area contributed by atoms with Crippen LogP contribution in [0.25, 0.3) is 0 Å². The van der Waals surface area contributed by atoms with Gasteiger partial charge in [0, 0.05) is 25.2 Å². The maximum Gasteiger partial charge on any atom is 0.255 e. The molecule has 1 aromatic carbocycles. The van der Waals surface area contributed by atoms with Crippen molar-refractivity contribution in [2.24, 2.45) is 11.8 Å². The molecular formula is C20H24N2O2. The first kappa shape index (κ1) is 15.4. The van der Waals surface area contributed by atoms with Crippen molar-refractivity contribution < 1.29 is 9.59 Å². The molecule has 0 spiro atoms. The molecule has 1 fully saturated rings. The molecule has 1 saturated heterocycles. The van der Waals surface area contributed by atoms with Gasteiger partial charge < -0.3 is 9.80 Å². The second-order valence-electron chi connectivity index (χ2n) is 7.22. The van der Waals surface area contributed by atoms with Gasteiger partial charge in [-0.15, -0.1) is 0 Å². The zero-order valence-electron chi connectivity index (χ0n) is 14.1. The minimum Gasteiger partial charge on any atom is -0.340 e. The fraction of sp³-hybridized carbons (Fsp3) is 0.500. The number of fused-ring (bicyclic) bond motifs is 2. The van der Waals surface area contributed by atoms with Crippen LogP contribution in [0.15, 0.2) is 36.4 Å². The maximum absolute atomic E-state index is 13.1. The summed E-state index contributed by atoms with van der Waals surface area (Å²) in [6, 6.07) is 7.36. The van der Waals surface area contributed by atoms with Crippen LogP contribution in [0.3, 0.4) is 0 Å². The molecule has 0 radical (unpaired) electrons. The smallest absolute Gasteiger partial charge is 0.255 e. The number of carbonyl (C=O) groups excluding carboxylic acids is 2. The fourth-order valence-electron chi connectivity index (χ4n) is 4.46. The highest BCUT2D eigenvalue weighted by Crippen LogP contribution is 2.34. The molecule has 3 aliphatic rings. The van der Waals surface area contributed by atoms with Gasteiger partial charge in [-0.2, -0.15) is 0 Å². The third-order valence-corrected chi connectivity index (χ3v) is 5.83.